The molecule has 2 atom stereocenters. The van der Waals surface area contributed by atoms with E-state index in [-0.39, 0.29) is 0 Å². The second kappa shape index (κ2) is 6.07. The first-order chi connectivity index (χ1) is 8.15. The van der Waals surface area contributed by atoms with Gasteiger partial charge in [-0.2, -0.15) is 0 Å². The van der Waals surface area contributed by atoms with Crippen LogP contribution in [0.2, 0.25) is 0 Å². The molecule has 0 aromatic heterocycles. The van der Waals surface area contributed by atoms with Crippen LogP contribution in [0.3, 0.4) is 0 Å². The molecule has 1 fully saturated rings. The third kappa shape index (κ3) is 3.86. The highest BCUT2D eigenvalue weighted by atomic mass is 32.2. The molecule has 17 heavy (non-hydrogen) atoms. The summed E-state index contributed by atoms with van der Waals surface area (Å²) in [7, 11) is 4.42. The fourth-order valence-electron chi connectivity index (χ4n) is 2.19. The Morgan fingerprint density at radius 2 is 2.24 bits per heavy atom. The third-order valence-electron chi connectivity index (χ3n) is 3.52. The summed E-state index contributed by atoms with van der Waals surface area (Å²) in [6, 6.07) is 0.608. The number of hydrogen-bond acceptors (Lipinski definition) is 5. The summed E-state index contributed by atoms with van der Waals surface area (Å²) in [6.45, 7) is 7.76. The molecule has 0 spiro atoms. The van der Waals surface area contributed by atoms with Crippen LogP contribution in [-0.2, 0) is 0 Å². The van der Waals surface area contributed by atoms with Crippen molar-refractivity contribution in [2.75, 3.05) is 52.6 Å². The molecule has 0 aromatic carbocycles. The fraction of sp³-hybridized carbons (Fsp3) is 0.917. The molecule has 4 nitrogen and oxygen atoms in total. The maximum absolute atomic E-state index is 4.58. The largest absolute Gasteiger partial charge is 0.363 e. The van der Waals surface area contributed by atoms with Gasteiger partial charge in [0.1, 0.15) is 0 Å². The molecule has 1 saturated heterocycles. The number of aliphatic imine (C=N–C) groups is 1. The highest BCUT2D eigenvalue weighted by molar-refractivity contribution is 8.13. The molecule has 2 rings (SSSR count). The SMILES string of the molecule is CC1CN=C(NCC2CN(C)CCN2C)SC1. The quantitative estimate of drug-likeness (QED) is 0.782. The minimum absolute atomic E-state index is 0.608. The number of likely N-dealkylation sites (N-methyl/N-ethyl adjacent to an activating group) is 2. The molecule has 0 saturated carbocycles. The van der Waals surface area contributed by atoms with Gasteiger partial charge in [0.2, 0.25) is 0 Å². The molecule has 98 valence electrons. The van der Waals surface area contributed by atoms with E-state index >= 15 is 0 Å². The second-order valence-corrected chi connectivity index (χ2v) is 6.35. The molecule has 2 unspecified atom stereocenters. The molecule has 0 aromatic rings. The smallest absolute Gasteiger partial charge is 0.156 e. The Bertz CT molecular complexity index is 282. The van der Waals surface area contributed by atoms with Gasteiger partial charge in [-0.15, -0.1) is 0 Å². The number of piperazine rings is 1. The number of hydrogen-bond donors (Lipinski definition) is 1. The van der Waals surface area contributed by atoms with Gasteiger partial charge in [0.25, 0.3) is 0 Å². The van der Waals surface area contributed by atoms with Crippen molar-refractivity contribution in [3.63, 3.8) is 0 Å². The van der Waals surface area contributed by atoms with E-state index in [1.807, 2.05) is 11.8 Å². The van der Waals surface area contributed by atoms with Crippen LogP contribution in [0.5, 0.6) is 0 Å². The molecule has 2 heterocycles. The van der Waals surface area contributed by atoms with Crippen LogP contribution in [0, 0.1) is 5.92 Å². The molecule has 2 aliphatic heterocycles. The van der Waals surface area contributed by atoms with Crippen molar-refractivity contribution in [2.45, 2.75) is 13.0 Å². The van der Waals surface area contributed by atoms with Crippen molar-refractivity contribution in [3.8, 4) is 0 Å². The van der Waals surface area contributed by atoms with Crippen molar-refractivity contribution in [1.82, 2.24) is 15.1 Å². The summed E-state index contributed by atoms with van der Waals surface area (Å²) < 4.78 is 0. The average molecular weight is 256 g/mol. The Morgan fingerprint density at radius 1 is 1.41 bits per heavy atom. The van der Waals surface area contributed by atoms with Crippen molar-refractivity contribution in [1.29, 1.82) is 0 Å². The van der Waals surface area contributed by atoms with Gasteiger partial charge in [0.15, 0.2) is 5.17 Å². The van der Waals surface area contributed by atoms with Crippen molar-refractivity contribution >= 4 is 16.9 Å². The Balaban J connectivity index is 1.77. The van der Waals surface area contributed by atoms with E-state index in [2.05, 4.69) is 41.1 Å². The summed E-state index contributed by atoms with van der Waals surface area (Å²) in [5.41, 5.74) is 0. The van der Waals surface area contributed by atoms with Gasteiger partial charge in [-0.25, -0.2) is 0 Å². The molecule has 0 radical (unpaired) electrons. The van der Waals surface area contributed by atoms with Crippen LogP contribution in [0.1, 0.15) is 6.92 Å². The van der Waals surface area contributed by atoms with Gasteiger partial charge in [-0.1, -0.05) is 18.7 Å². The molecule has 0 bridgehead atoms. The Morgan fingerprint density at radius 3 is 2.94 bits per heavy atom. The summed E-state index contributed by atoms with van der Waals surface area (Å²) in [5, 5.41) is 4.65. The van der Waals surface area contributed by atoms with E-state index in [1.165, 1.54) is 18.8 Å². The minimum Gasteiger partial charge on any atom is -0.363 e. The number of amidine groups is 1. The van der Waals surface area contributed by atoms with Gasteiger partial charge >= 0.3 is 0 Å². The standard InChI is InChI=1S/C12H24N4S/c1-10-6-13-12(17-9-10)14-7-11-8-15(2)4-5-16(11)3/h10-11H,4-9H2,1-3H3,(H,13,14). The van der Waals surface area contributed by atoms with Crippen molar-refractivity contribution in [2.24, 2.45) is 10.9 Å². The maximum Gasteiger partial charge on any atom is 0.156 e. The van der Waals surface area contributed by atoms with Gasteiger partial charge in [0.05, 0.1) is 0 Å². The third-order valence-corrected chi connectivity index (χ3v) is 4.80. The van der Waals surface area contributed by atoms with Gasteiger partial charge < -0.3 is 10.2 Å². The first-order valence-electron chi connectivity index (χ1n) is 6.45. The number of nitrogens with zero attached hydrogens (tertiary/aromatic N) is 3. The predicted molar refractivity (Wildman–Crippen MR) is 75.8 cm³/mol. The summed E-state index contributed by atoms with van der Waals surface area (Å²) in [5.74, 6) is 1.93. The summed E-state index contributed by atoms with van der Waals surface area (Å²) in [6.07, 6.45) is 0. The lowest BCUT2D eigenvalue weighted by atomic mass is 10.2. The zero-order valence-corrected chi connectivity index (χ0v) is 12.0. The lowest BCUT2D eigenvalue weighted by Crippen LogP contribution is -2.54. The Kier molecular flexibility index (Phi) is 4.70. The van der Waals surface area contributed by atoms with Crippen molar-refractivity contribution in [3.05, 3.63) is 0 Å². The van der Waals surface area contributed by atoms with E-state index in [0.717, 1.165) is 30.7 Å². The molecule has 0 amide bonds. The summed E-state index contributed by atoms with van der Waals surface area (Å²) in [4.78, 5) is 9.43. The lowest BCUT2D eigenvalue weighted by Gasteiger charge is -2.38. The lowest BCUT2D eigenvalue weighted by molar-refractivity contribution is 0.116. The first-order valence-corrected chi connectivity index (χ1v) is 7.43. The van der Waals surface area contributed by atoms with E-state index in [0.29, 0.717) is 6.04 Å². The summed E-state index contributed by atoms with van der Waals surface area (Å²) >= 11 is 1.87. The highest BCUT2D eigenvalue weighted by Crippen LogP contribution is 2.15. The van der Waals surface area contributed by atoms with Gasteiger partial charge in [-0.05, 0) is 20.0 Å². The molecule has 5 heteroatoms. The molecule has 0 aliphatic carbocycles. The molecular formula is C12H24N4S. The van der Waals surface area contributed by atoms with Crippen LogP contribution in [0.25, 0.3) is 0 Å². The fourth-order valence-corrected chi connectivity index (χ4v) is 3.09. The molecular weight excluding hydrogens is 232 g/mol. The normalized spacial score (nSPS) is 32.3. The highest BCUT2D eigenvalue weighted by Gasteiger charge is 2.22. The van der Waals surface area contributed by atoms with E-state index in [4.69, 9.17) is 0 Å². The van der Waals surface area contributed by atoms with Crippen molar-refractivity contribution < 1.29 is 0 Å². The van der Waals surface area contributed by atoms with E-state index < -0.39 is 0 Å². The number of nitrogens with one attached hydrogen (secondary N) is 1. The Hall–Kier alpha value is -0.260. The van der Waals surface area contributed by atoms with Crippen LogP contribution < -0.4 is 5.32 Å². The zero-order valence-electron chi connectivity index (χ0n) is 11.1. The molecule has 2 aliphatic rings. The van der Waals surface area contributed by atoms with Crippen LogP contribution in [0.4, 0.5) is 0 Å². The predicted octanol–water partition coefficient (Wildman–Crippen LogP) is 0.561. The zero-order chi connectivity index (χ0) is 12.3. The van der Waals surface area contributed by atoms with Gasteiger partial charge in [-0.3, -0.25) is 9.89 Å². The Labute approximate surface area is 109 Å². The van der Waals surface area contributed by atoms with Crippen LogP contribution >= 0.6 is 11.8 Å². The number of thioether (sulfide) groups is 1. The first kappa shape index (κ1) is 13.2. The van der Waals surface area contributed by atoms with E-state index in [1.54, 1.807) is 0 Å². The monoisotopic (exact) mass is 256 g/mol. The minimum atomic E-state index is 0.608. The number of rotatable bonds is 2. The maximum atomic E-state index is 4.58. The van der Waals surface area contributed by atoms with Crippen LogP contribution in [-0.4, -0.2) is 73.6 Å². The second-order valence-electron chi connectivity index (χ2n) is 5.34. The topological polar surface area (TPSA) is 30.9 Å². The van der Waals surface area contributed by atoms with E-state index in [9.17, 15) is 0 Å². The average Bonchev–Trinajstić information content (AvgIpc) is 2.32. The molecule has 1 N–H and O–H groups in total. The van der Waals surface area contributed by atoms with Gasteiger partial charge in [0, 0.05) is 44.5 Å². The van der Waals surface area contributed by atoms with Crippen LogP contribution in [0.15, 0.2) is 4.99 Å².